The third-order valence-corrected chi connectivity index (χ3v) is 3.97. The smallest absolute Gasteiger partial charge is 0.355 e. The number of hydrogen-bond acceptors (Lipinski definition) is 4. The van der Waals surface area contributed by atoms with Gasteiger partial charge >= 0.3 is 5.97 Å². The molecule has 0 saturated carbocycles. The Morgan fingerprint density at radius 3 is 2.39 bits per heavy atom. The maximum absolute atomic E-state index is 12.3. The molecular formula is C21H21ClN2O4. The number of carbonyl (C=O) groups excluding carboxylic acids is 3. The van der Waals surface area contributed by atoms with Crippen molar-refractivity contribution in [2.75, 3.05) is 11.9 Å². The first-order chi connectivity index (χ1) is 13.3. The van der Waals surface area contributed by atoms with Crippen LogP contribution in [0, 0.1) is 13.8 Å². The van der Waals surface area contributed by atoms with Crippen molar-refractivity contribution in [2.45, 2.75) is 20.8 Å². The molecule has 0 heterocycles. The van der Waals surface area contributed by atoms with Gasteiger partial charge in [-0.05, 0) is 42.7 Å². The summed E-state index contributed by atoms with van der Waals surface area (Å²) in [5.41, 5.74) is 2.88. The summed E-state index contributed by atoms with van der Waals surface area (Å²) >= 11 is 6.16. The van der Waals surface area contributed by atoms with Crippen LogP contribution < -0.4 is 10.6 Å². The van der Waals surface area contributed by atoms with Gasteiger partial charge in [0.2, 0.25) is 5.91 Å². The van der Waals surface area contributed by atoms with Crippen LogP contribution in [-0.2, 0) is 19.1 Å². The monoisotopic (exact) mass is 400 g/mol. The molecule has 0 spiro atoms. The Morgan fingerprint density at radius 1 is 1.11 bits per heavy atom. The number of rotatable bonds is 6. The Kier molecular flexibility index (Phi) is 7.35. The fraction of sp³-hybridized carbons (Fsp3) is 0.190. The van der Waals surface area contributed by atoms with Crippen LogP contribution in [0.2, 0.25) is 5.02 Å². The SMILES string of the molecule is CC(=O)N/C(=C\c1ccccc1)C(=O)OCC(=O)Nc1c(C)cc(C)cc1Cl. The molecule has 0 aliphatic carbocycles. The van der Waals surface area contributed by atoms with Gasteiger partial charge in [-0.1, -0.05) is 48.0 Å². The summed E-state index contributed by atoms with van der Waals surface area (Å²) in [4.78, 5) is 35.8. The highest BCUT2D eigenvalue weighted by Gasteiger charge is 2.16. The summed E-state index contributed by atoms with van der Waals surface area (Å²) in [5.74, 6) is -1.78. The minimum Gasteiger partial charge on any atom is -0.451 e. The zero-order valence-electron chi connectivity index (χ0n) is 15.8. The standard InChI is InChI=1S/C21H21ClN2O4/c1-13-9-14(2)20(17(22)10-13)24-19(26)12-28-21(27)18(23-15(3)25)11-16-7-5-4-6-8-16/h4-11H,12H2,1-3H3,(H,23,25)(H,24,26)/b18-11-. The number of nitrogens with one attached hydrogen (secondary N) is 2. The highest BCUT2D eigenvalue weighted by molar-refractivity contribution is 6.34. The molecule has 2 aromatic rings. The summed E-state index contributed by atoms with van der Waals surface area (Å²) < 4.78 is 5.04. The van der Waals surface area contributed by atoms with Crippen molar-refractivity contribution in [1.29, 1.82) is 0 Å². The van der Waals surface area contributed by atoms with Gasteiger partial charge in [0.05, 0.1) is 10.7 Å². The summed E-state index contributed by atoms with van der Waals surface area (Å²) in [6.45, 7) is 4.47. The highest BCUT2D eigenvalue weighted by atomic mass is 35.5. The van der Waals surface area contributed by atoms with Gasteiger partial charge in [-0.15, -0.1) is 0 Å². The summed E-state index contributed by atoms with van der Waals surface area (Å²) in [6.07, 6.45) is 1.47. The molecule has 146 valence electrons. The predicted octanol–water partition coefficient (Wildman–Crippen LogP) is 3.62. The molecule has 2 N–H and O–H groups in total. The number of halogens is 1. The molecular weight excluding hydrogens is 380 g/mol. The van der Waals surface area contributed by atoms with Crippen molar-refractivity contribution in [3.8, 4) is 0 Å². The van der Waals surface area contributed by atoms with E-state index in [4.69, 9.17) is 16.3 Å². The molecule has 0 radical (unpaired) electrons. The molecule has 0 fully saturated rings. The van der Waals surface area contributed by atoms with Crippen LogP contribution in [0.1, 0.15) is 23.6 Å². The van der Waals surface area contributed by atoms with E-state index in [0.717, 1.165) is 11.1 Å². The Hall–Kier alpha value is -3.12. The first kappa shape index (κ1) is 21.2. The van der Waals surface area contributed by atoms with Gasteiger partial charge in [0.25, 0.3) is 5.91 Å². The summed E-state index contributed by atoms with van der Waals surface area (Å²) in [5, 5.41) is 5.46. The number of carbonyl (C=O) groups is 3. The Balaban J connectivity index is 2.05. The van der Waals surface area contributed by atoms with Gasteiger partial charge in [0.1, 0.15) is 5.70 Å². The first-order valence-corrected chi connectivity index (χ1v) is 8.92. The Labute approximate surface area is 168 Å². The lowest BCUT2D eigenvalue weighted by Crippen LogP contribution is -2.29. The normalized spacial score (nSPS) is 10.9. The van der Waals surface area contributed by atoms with Crippen LogP contribution in [0.3, 0.4) is 0 Å². The van der Waals surface area contributed by atoms with E-state index in [0.29, 0.717) is 16.3 Å². The van der Waals surface area contributed by atoms with Crippen LogP contribution in [0.15, 0.2) is 48.2 Å². The van der Waals surface area contributed by atoms with E-state index < -0.39 is 24.4 Å². The molecule has 28 heavy (non-hydrogen) atoms. The van der Waals surface area contributed by atoms with E-state index in [9.17, 15) is 14.4 Å². The summed E-state index contributed by atoms with van der Waals surface area (Å²) in [7, 11) is 0. The number of amides is 2. The lowest BCUT2D eigenvalue weighted by molar-refractivity contribution is -0.144. The molecule has 0 unspecified atom stereocenters. The largest absolute Gasteiger partial charge is 0.451 e. The maximum atomic E-state index is 12.3. The van der Waals surface area contributed by atoms with Crippen molar-refractivity contribution in [3.63, 3.8) is 0 Å². The number of aryl methyl sites for hydroxylation is 2. The molecule has 2 amide bonds. The predicted molar refractivity (Wildman–Crippen MR) is 109 cm³/mol. The van der Waals surface area contributed by atoms with Gasteiger partial charge in [-0.25, -0.2) is 4.79 Å². The fourth-order valence-electron chi connectivity index (χ4n) is 2.51. The number of benzene rings is 2. The minimum atomic E-state index is -0.819. The van der Waals surface area contributed by atoms with E-state index in [1.807, 2.05) is 26.0 Å². The molecule has 0 aliphatic rings. The average molecular weight is 401 g/mol. The molecule has 6 nitrogen and oxygen atoms in total. The number of ether oxygens (including phenoxy) is 1. The van der Waals surface area contributed by atoms with E-state index in [1.165, 1.54) is 13.0 Å². The minimum absolute atomic E-state index is 0.0592. The second-order valence-electron chi connectivity index (χ2n) is 6.21. The van der Waals surface area contributed by atoms with Gasteiger partial charge in [0.15, 0.2) is 6.61 Å². The van der Waals surface area contributed by atoms with Gasteiger partial charge < -0.3 is 15.4 Å². The van der Waals surface area contributed by atoms with Crippen molar-refractivity contribution in [1.82, 2.24) is 5.32 Å². The second-order valence-corrected chi connectivity index (χ2v) is 6.62. The molecule has 0 aliphatic heterocycles. The van der Waals surface area contributed by atoms with Gasteiger partial charge in [-0.3, -0.25) is 9.59 Å². The Morgan fingerprint density at radius 2 is 1.79 bits per heavy atom. The average Bonchev–Trinajstić information content (AvgIpc) is 2.62. The van der Waals surface area contributed by atoms with E-state index in [1.54, 1.807) is 30.3 Å². The van der Waals surface area contributed by atoms with Crippen molar-refractivity contribution in [2.24, 2.45) is 0 Å². The number of hydrogen-bond donors (Lipinski definition) is 2. The van der Waals surface area contributed by atoms with Crippen molar-refractivity contribution >= 4 is 41.1 Å². The molecule has 2 rings (SSSR count). The zero-order valence-corrected chi connectivity index (χ0v) is 16.6. The van der Waals surface area contributed by atoms with Gasteiger partial charge in [-0.2, -0.15) is 0 Å². The molecule has 0 bridgehead atoms. The number of esters is 1. The molecule has 0 atom stereocenters. The zero-order chi connectivity index (χ0) is 20.7. The first-order valence-electron chi connectivity index (χ1n) is 8.54. The summed E-state index contributed by atoms with van der Waals surface area (Å²) in [6, 6.07) is 12.6. The van der Waals surface area contributed by atoms with Gasteiger partial charge in [0, 0.05) is 6.92 Å². The van der Waals surface area contributed by atoms with Crippen molar-refractivity contribution in [3.05, 3.63) is 69.9 Å². The van der Waals surface area contributed by atoms with Crippen molar-refractivity contribution < 1.29 is 19.1 Å². The van der Waals surface area contributed by atoms with Crippen LogP contribution in [0.5, 0.6) is 0 Å². The fourth-order valence-corrected chi connectivity index (χ4v) is 2.88. The molecule has 2 aromatic carbocycles. The highest BCUT2D eigenvalue weighted by Crippen LogP contribution is 2.27. The topological polar surface area (TPSA) is 84.5 Å². The van der Waals surface area contributed by atoms with Crippen LogP contribution in [0.4, 0.5) is 5.69 Å². The maximum Gasteiger partial charge on any atom is 0.355 e. The third kappa shape index (κ3) is 6.25. The van der Waals surface area contributed by atoms with E-state index in [2.05, 4.69) is 10.6 Å². The van der Waals surface area contributed by atoms with E-state index in [-0.39, 0.29) is 5.70 Å². The quantitative estimate of drug-likeness (QED) is 0.573. The van der Waals surface area contributed by atoms with Crippen LogP contribution in [-0.4, -0.2) is 24.4 Å². The molecule has 0 aromatic heterocycles. The van der Waals surface area contributed by atoms with E-state index >= 15 is 0 Å². The lowest BCUT2D eigenvalue weighted by atomic mass is 10.1. The lowest BCUT2D eigenvalue weighted by Gasteiger charge is -2.12. The van der Waals surface area contributed by atoms with Crippen LogP contribution >= 0.6 is 11.6 Å². The molecule has 7 heteroatoms. The number of anilines is 1. The Bertz CT molecular complexity index is 900. The third-order valence-electron chi connectivity index (χ3n) is 3.67. The second kappa shape index (κ2) is 9.71. The van der Waals surface area contributed by atoms with Crippen LogP contribution in [0.25, 0.3) is 6.08 Å². The molecule has 0 saturated heterocycles.